The fraction of sp³-hybridized carbons (Fsp3) is 0.409. The molecular formula is C22H31N3O3S. The summed E-state index contributed by atoms with van der Waals surface area (Å²) in [5.74, 6) is -0.293. The van der Waals surface area contributed by atoms with E-state index in [1.54, 1.807) is 12.1 Å². The minimum Gasteiger partial charge on any atom is -0.373 e. The van der Waals surface area contributed by atoms with Gasteiger partial charge in [0.25, 0.3) is 0 Å². The molecule has 7 heteroatoms. The second kappa shape index (κ2) is 9.78. The lowest BCUT2D eigenvalue weighted by Gasteiger charge is -2.31. The number of sulfonamides is 1. The predicted molar refractivity (Wildman–Crippen MR) is 120 cm³/mol. The summed E-state index contributed by atoms with van der Waals surface area (Å²) in [6.45, 7) is 6.69. The maximum absolute atomic E-state index is 12.9. The first-order valence-electron chi connectivity index (χ1n) is 9.75. The highest BCUT2D eigenvalue weighted by molar-refractivity contribution is 7.92. The number of para-hydroxylation sites is 1. The van der Waals surface area contributed by atoms with E-state index in [0.717, 1.165) is 23.1 Å². The van der Waals surface area contributed by atoms with Crippen LogP contribution in [0.5, 0.6) is 0 Å². The molecule has 1 N–H and O–H groups in total. The Kier molecular flexibility index (Phi) is 7.67. The van der Waals surface area contributed by atoms with Gasteiger partial charge >= 0.3 is 0 Å². The van der Waals surface area contributed by atoms with Crippen LogP contribution in [-0.4, -0.2) is 46.8 Å². The number of rotatable bonds is 9. The molecular weight excluding hydrogens is 386 g/mol. The maximum atomic E-state index is 12.9. The molecule has 0 heterocycles. The Labute approximate surface area is 174 Å². The van der Waals surface area contributed by atoms with E-state index in [9.17, 15) is 13.2 Å². The molecule has 0 aliphatic carbocycles. The second-order valence-electron chi connectivity index (χ2n) is 7.38. The molecule has 0 aliphatic rings. The van der Waals surface area contributed by atoms with Crippen LogP contribution in [0.15, 0.2) is 48.5 Å². The van der Waals surface area contributed by atoms with Gasteiger partial charge < -0.3 is 10.2 Å². The molecule has 0 bridgehead atoms. The topological polar surface area (TPSA) is 69.7 Å². The fourth-order valence-electron chi connectivity index (χ4n) is 3.41. The third-order valence-corrected chi connectivity index (χ3v) is 5.91. The highest BCUT2D eigenvalue weighted by atomic mass is 32.2. The third kappa shape index (κ3) is 6.22. The van der Waals surface area contributed by atoms with Crippen molar-refractivity contribution in [2.75, 3.05) is 35.6 Å². The number of aryl methyl sites for hydroxylation is 2. The molecule has 158 valence electrons. The summed E-state index contributed by atoms with van der Waals surface area (Å²) in [5, 5.41) is 2.90. The van der Waals surface area contributed by atoms with Gasteiger partial charge in [0, 0.05) is 25.8 Å². The Hall–Kier alpha value is -2.54. The number of nitrogens with zero attached hydrogens (tertiary/aromatic N) is 2. The second-order valence-corrected chi connectivity index (χ2v) is 9.24. The van der Waals surface area contributed by atoms with Crippen molar-refractivity contribution >= 4 is 27.3 Å². The van der Waals surface area contributed by atoms with Crippen molar-refractivity contribution in [2.24, 2.45) is 0 Å². The van der Waals surface area contributed by atoms with Crippen LogP contribution in [0.2, 0.25) is 0 Å². The zero-order valence-corrected chi connectivity index (χ0v) is 18.7. The zero-order chi connectivity index (χ0) is 21.6. The smallest absolute Gasteiger partial charge is 0.243 e. The lowest BCUT2D eigenvalue weighted by Crippen LogP contribution is -2.50. The van der Waals surface area contributed by atoms with Crippen molar-refractivity contribution < 1.29 is 13.2 Å². The molecule has 0 fully saturated rings. The Morgan fingerprint density at radius 1 is 1.03 bits per heavy atom. The van der Waals surface area contributed by atoms with Gasteiger partial charge in [-0.25, -0.2) is 8.42 Å². The summed E-state index contributed by atoms with van der Waals surface area (Å²) in [6.07, 6.45) is 1.52. The van der Waals surface area contributed by atoms with Crippen molar-refractivity contribution in [1.29, 1.82) is 0 Å². The van der Waals surface area contributed by atoms with Crippen LogP contribution < -0.4 is 14.5 Å². The average molecular weight is 418 g/mol. The van der Waals surface area contributed by atoms with Gasteiger partial charge in [0.1, 0.15) is 6.04 Å². The van der Waals surface area contributed by atoms with Crippen LogP contribution in [0.25, 0.3) is 0 Å². The lowest BCUT2D eigenvalue weighted by molar-refractivity contribution is -0.122. The molecule has 6 nitrogen and oxygen atoms in total. The monoisotopic (exact) mass is 417 g/mol. The summed E-state index contributed by atoms with van der Waals surface area (Å²) in [6, 6.07) is 14.7. The van der Waals surface area contributed by atoms with Crippen LogP contribution in [0.1, 0.15) is 24.5 Å². The third-order valence-electron chi connectivity index (χ3n) is 4.73. The van der Waals surface area contributed by atoms with Crippen molar-refractivity contribution in [3.8, 4) is 0 Å². The number of anilines is 2. The maximum Gasteiger partial charge on any atom is 0.243 e. The van der Waals surface area contributed by atoms with E-state index in [1.165, 1.54) is 4.31 Å². The van der Waals surface area contributed by atoms with Crippen molar-refractivity contribution in [2.45, 2.75) is 33.2 Å². The van der Waals surface area contributed by atoms with E-state index in [-0.39, 0.29) is 5.91 Å². The van der Waals surface area contributed by atoms with Gasteiger partial charge in [-0.15, -0.1) is 0 Å². The molecule has 2 aromatic carbocycles. The van der Waals surface area contributed by atoms with Crippen molar-refractivity contribution in [1.82, 2.24) is 5.32 Å². The summed E-state index contributed by atoms with van der Waals surface area (Å²) in [4.78, 5) is 14.9. The molecule has 1 amide bonds. The van der Waals surface area contributed by atoms with Crippen LogP contribution >= 0.6 is 0 Å². The lowest BCUT2D eigenvalue weighted by atomic mass is 10.1. The number of hydrogen-bond acceptors (Lipinski definition) is 4. The van der Waals surface area contributed by atoms with E-state index >= 15 is 0 Å². The van der Waals surface area contributed by atoms with E-state index in [2.05, 4.69) is 5.32 Å². The summed E-state index contributed by atoms with van der Waals surface area (Å²) < 4.78 is 26.4. The number of amides is 1. The summed E-state index contributed by atoms with van der Waals surface area (Å²) >= 11 is 0. The number of likely N-dealkylation sites (N-methyl/N-ethyl adjacent to an activating group) is 1. The van der Waals surface area contributed by atoms with Gasteiger partial charge in [-0.1, -0.05) is 31.2 Å². The van der Waals surface area contributed by atoms with Crippen molar-refractivity contribution in [3.63, 3.8) is 0 Å². The first-order chi connectivity index (χ1) is 13.6. The van der Waals surface area contributed by atoms with Crippen molar-refractivity contribution in [3.05, 3.63) is 59.7 Å². The highest BCUT2D eigenvalue weighted by Gasteiger charge is 2.31. The van der Waals surface area contributed by atoms with Crippen LogP contribution in [0.3, 0.4) is 0 Å². The van der Waals surface area contributed by atoms with E-state index in [0.29, 0.717) is 25.2 Å². The quantitative estimate of drug-likeness (QED) is 0.681. The zero-order valence-electron chi connectivity index (χ0n) is 17.8. The van der Waals surface area contributed by atoms with Gasteiger partial charge in [-0.2, -0.15) is 0 Å². The largest absolute Gasteiger partial charge is 0.373 e. The molecule has 0 aromatic heterocycles. The minimum absolute atomic E-state index is 0.293. The number of nitrogens with one attached hydrogen (secondary N) is 1. The summed E-state index contributed by atoms with van der Waals surface area (Å²) in [5.41, 5.74) is 3.48. The Bertz CT molecular complexity index is 909. The van der Waals surface area contributed by atoms with Gasteiger partial charge in [0.2, 0.25) is 15.9 Å². The van der Waals surface area contributed by atoms with E-state index in [1.807, 2.05) is 69.1 Å². The molecule has 1 atom stereocenters. The predicted octanol–water partition coefficient (Wildman–Crippen LogP) is 3.10. The molecule has 0 radical (unpaired) electrons. The first kappa shape index (κ1) is 22.7. The SMILES string of the molecule is CCC(C(=O)NCCN(C)c1ccccc1)N(c1cc(C)cc(C)c1)S(C)(=O)=O. The fourth-order valence-corrected chi connectivity index (χ4v) is 4.61. The normalized spacial score (nSPS) is 12.3. The molecule has 29 heavy (non-hydrogen) atoms. The molecule has 1 unspecified atom stereocenters. The Morgan fingerprint density at radius 2 is 1.62 bits per heavy atom. The molecule has 2 aromatic rings. The molecule has 2 rings (SSSR count). The molecule has 0 aliphatic heterocycles. The van der Waals surface area contributed by atoms with Crippen LogP contribution in [0, 0.1) is 13.8 Å². The van der Waals surface area contributed by atoms with Gasteiger partial charge in [0.05, 0.1) is 11.9 Å². The molecule has 0 saturated carbocycles. The molecule has 0 saturated heterocycles. The number of carbonyl (C=O) groups is 1. The van der Waals surface area contributed by atoms with Crippen LogP contribution in [0.4, 0.5) is 11.4 Å². The highest BCUT2D eigenvalue weighted by Crippen LogP contribution is 2.25. The minimum atomic E-state index is -3.63. The molecule has 0 spiro atoms. The van der Waals surface area contributed by atoms with E-state index in [4.69, 9.17) is 0 Å². The Morgan fingerprint density at radius 3 is 2.14 bits per heavy atom. The first-order valence-corrected chi connectivity index (χ1v) is 11.6. The number of carbonyl (C=O) groups excluding carboxylic acids is 1. The van der Waals surface area contributed by atoms with Crippen LogP contribution in [-0.2, 0) is 14.8 Å². The number of hydrogen-bond donors (Lipinski definition) is 1. The Balaban J connectivity index is 2.14. The standard InChI is InChI=1S/C22H31N3O3S/c1-6-21(22(26)23-12-13-24(4)19-10-8-7-9-11-19)25(29(5,27)28)20-15-17(2)14-18(3)16-20/h7-11,14-16,21H,6,12-13H2,1-5H3,(H,23,26). The number of benzene rings is 2. The van der Waals surface area contributed by atoms with Gasteiger partial charge in [-0.3, -0.25) is 9.10 Å². The summed E-state index contributed by atoms with van der Waals surface area (Å²) in [7, 11) is -1.67. The average Bonchev–Trinajstić information content (AvgIpc) is 2.64. The van der Waals surface area contributed by atoms with E-state index < -0.39 is 16.1 Å². The van der Waals surface area contributed by atoms with Gasteiger partial charge in [-0.05, 0) is 55.7 Å². The van der Waals surface area contributed by atoms with Gasteiger partial charge in [0.15, 0.2) is 0 Å².